The molecular formula is C30H44ClNO. The zero-order chi connectivity index (χ0) is 23.3. The van der Waals surface area contributed by atoms with Gasteiger partial charge in [0.25, 0.3) is 0 Å². The summed E-state index contributed by atoms with van der Waals surface area (Å²) in [5.74, 6) is 2.24. The molecule has 3 heteroatoms. The Morgan fingerprint density at radius 1 is 0.818 bits per heavy atom. The molecule has 1 saturated carbocycles. The van der Waals surface area contributed by atoms with Crippen LogP contribution >= 0.6 is 11.6 Å². The van der Waals surface area contributed by atoms with Crippen molar-refractivity contribution in [3.05, 3.63) is 47.1 Å². The van der Waals surface area contributed by atoms with Gasteiger partial charge in [0, 0.05) is 11.8 Å². The summed E-state index contributed by atoms with van der Waals surface area (Å²) in [4.78, 5) is 4.50. The van der Waals surface area contributed by atoms with Crippen LogP contribution in [-0.2, 0) is 0 Å². The highest BCUT2D eigenvalue weighted by Gasteiger charge is 2.22. The van der Waals surface area contributed by atoms with Gasteiger partial charge in [0.15, 0.2) is 0 Å². The second-order valence-electron chi connectivity index (χ2n) is 9.96. The predicted molar refractivity (Wildman–Crippen MR) is 142 cm³/mol. The van der Waals surface area contributed by atoms with E-state index in [1.807, 2.05) is 12.3 Å². The minimum atomic E-state index is 0.557. The van der Waals surface area contributed by atoms with Crippen LogP contribution in [0.3, 0.4) is 0 Å². The Labute approximate surface area is 207 Å². The minimum Gasteiger partial charge on any atom is -0.477 e. The van der Waals surface area contributed by atoms with Gasteiger partial charge in [-0.25, -0.2) is 4.98 Å². The monoisotopic (exact) mass is 469 g/mol. The third-order valence-electron chi connectivity index (χ3n) is 7.32. The van der Waals surface area contributed by atoms with Crippen molar-refractivity contribution in [1.82, 2.24) is 4.98 Å². The van der Waals surface area contributed by atoms with Crippen LogP contribution in [-0.4, -0.2) is 11.6 Å². The summed E-state index contributed by atoms with van der Waals surface area (Å²) in [5.41, 5.74) is 3.71. The molecule has 0 spiro atoms. The summed E-state index contributed by atoms with van der Waals surface area (Å²) in [6.07, 6.45) is 20.4. The van der Waals surface area contributed by atoms with Gasteiger partial charge in [0.2, 0.25) is 5.88 Å². The van der Waals surface area contributed by atoms with Crippen molar-refractivity contribution in [2.45, 2.75) is 110 Å². The fourth-order valence-electron chi connectivity index (χ4n) is 5.16. The van der Waals surface area contributed by atoms with Crippen LogP contribution in [0.25, 0.3) is 11.1 Å². The van der Waals surface area contributed by atoms with E-state index in [0.29, 0.717) is 17.5 Å². The van der Waals surface area contributed by atoms with E-state index >= 15 is 0 Å². The second kappa shape index (κ2) is 14.7. The molecule has 2 nitrogen and oxygen atoms in total. The number of ether oxygens (including phenoxy) is 1. The molecule has 1 heterocycles. The largest absolute Gasteiger partial charge is 0.477 e. The molecule has 1 aromatic heterocycles. The highest BCUT2D eigenvalue weighted by atomic mass is 35.5. The summed E-state index contributed by atoms with van der Waals surface area (Å²) >= 11 is 6.49. The smallest absolute Gasteiger partial charge is 0.232 e. The van der Waals surface area contributed by atoms with Crippen molar-refractivity contribution in [3.63, 3.8) is 0 Å². The van der Waals surface area contributed by atoms with Gasteiger partial charge in [0.05, 0.1) is 6.61 Å². The quantitative estimate of drug-likeness (QED) is 0.257. The maximum atomic E-state index is 6.49. The lowest BCUT2D eigenvalue weighted by atomic mass is 9.77. The fourth-order valence-corrected chi connectivity index (χ4v) is 5.38. The summed E-state index contributed by atoms with van der Waals surface area (Å²) in [7, 11) is 0. The molecule has 0 amide bonds. The van der Waals surface area contributed by atoms with Gasteiger partial charge in [-0.15, -0.1) is 0 Å². The van der Waals surface area contributed by atoms with Crippen molar-refractivity contribution in [2.24, 2.45) is 5.92 Å². The Morgan fingerprint density at radius 3 is 2.18 bits per heavy atom. The molecular weight excluding hydrogens is 426 g/mol. The first-order chi connectivity index (χ1) is 16.2. The van der Waals surface area contributed by atoms with Gasteiger partial charge in [-0.1, -0.05) is 108 Å². The number of aromatic nitrogens is 1. The van der Waals surface area contributed by atoms with Crippen LogP contribution in [0.15, 0.2) is 36.5 Å². The molecule has 1 aromatic carbocycles. The molecule has 182 valence electrons. The zero-order valence-electron chi connectivity index (χ0n) is 21.0. The molecule has 1 fully saturated rings. The van der Waals surface area contributed by atoms with Gasteiger partial charge in [-0.2, -0.15) is 0 Å². The molecule has 0 N–H and O–H groups in total. The first kappa shape index (κ1) is 26.1. The van der Waals surface area contributed by atoms with Crippen molar-refractivity contribution >= 4 is 11.6 Å². The van der Waals surface area contributed by atoms with E-state index in [0.717, 1.165) is 23.8 Å². The van der Waals surface area contributed by atoms with Crippen LogP contribution in [0.1, 0.15) is 115 Å². The summed E-state index contributed by atoms with van der Waals surface area (Å²) in [6.45, 7) is 5.23. The van der Waals surface area contributed by atoms with E-state index in [9.17, 15) is 0 Å². The Hall–Kier alpha value is -1.54. The van der Waals surface area contributed by atoms with Gasteiger partial charge < -0.3 is 4.74 Å². The number of hydrogen-bond acceptors (Lipinski definition) is 2. The van der Waals surface area contributed by atoms with E-state index in [-0.39, 0.29) is 0 Å². The van der Waals surface area contributed by atoms with Gasteiger partial charge in [-0.05, 0) is 61.1 Å². The van der Waals surface area contributed by atoms with E-state index in [4.69, 9.17) is 16.3 Å². The lowest BCUT2D eigenvalue weighted by Gasteiger charge is -2.29. The molecule has 2 aromatic rings. The summed E-state index contributed by atoms with van der Waals surface area (Å²) in [5, 5.41) is 0.601. The molecule has 33 heavy (non-hydrogen) atoms. The van der Waals surface area contributed by atoms with Gasteiger partial charge >= 0.3 is 0 Å². The second-order valence-corrected chi connectivity index (χ2v) is 10.4. The summed E-state index contributed by atoms with van der Waals surface area (Å²) < 4.78 is 5.83. The Balaban J connectivity index is 1.46. The van der Waals surface area contributed by atoms with Crippen molar-refractivity contribution in [3.8, 4) is 17.0 Å². The molecule has 0 unspecified atom stereocenters. The minimum absolute atomic E-state index is 0.557. The van der Waals surface area contributed by atoms with E-state index in [1.165, 1.54) is 94.6 Å². The SMILES string of the molecule is CCCCCCCCOc1ncc(-c2ccc(C3CCC(CCCCC)CC3)cc2)cc1Cl. The molecule has 0 saturated heterocycles. The number of rotatable bonds is 14. The third-order valence-corrected chi connectivity index (χ3v) is 7.59. The summed E-state index contributed by atoms with van der Waals surface area (Å²) in [6, 6.07) is 11.1. The molecule has 0 radical (unpaired) electrons. The maximum absolute atomic E-state index is 6.49. The van der Waals surface area contributed by atoms with E-state index in [2.05, 4.69) is 43.1 Å². The van der Waals surface area contributed by atoms with E-state index in [1.54, 1.807) is 0 Å². The zero-order valence-corrected chi connectivity index (χ0v) is 21.7. The normalized spacial score (nSPS) is 18.4. The molecule has 3 rings (SSSR count). The molecule has 1 aliphatic carbocycles. The average molecular weight is 470 g/mol. The highest BCUT2D eigenvalue weighted by molar-refractivity contribution is 6.32. The standard InChI is InChI=1S/C30H44ClNO/c1-3-5-7-8-9-11-21-33-30-29(31)22-28(23-32-30)27-19-17-26(18-20-27)25-15-13-24(14-16-25)12-10-6-4-2/h17-20,22-25H,3-16,21H2,1-2H3. The number of pyridine rings is 1. The lowest BCUT2D eigenvalue weighted by molar-refractivity contribution is 0.293. The third kappa shape index (κ3) is 8.63. The predicted octanol–water partition coefficient (Wildman–Crippen LogP) is 10.00. The number of hydrogen-bond donors (Lipinski definition) is 0. The van der Waals surface area contributed by atoms with Crippen LogP contribution in [0.4, 0.5) is 0 Å². The topological polar surface area (TPSA) is 22.1 Å². The number of nitrogens with zero attached hydrogens (tertiary/aromatic N) is 1. The van der Waals surface area contributed by atoms with Crippen molar-refractivity contribution in [2.75, 3.05) is 6.61 Å². The van der Waals surface area contributed by atoms with Crippen LogP contribution in [0.5, 0.6) is 5.88 Å². The van der Waals surface area contributed by atoms with Crippen molar-refractivity contribution in [1.29, 1.82) is 0 Å². The van der Waals surface area contributed by atoms with Crippen LogP contribution in [0, 0.1) is 5.92 Å². The Kier molecular flexibility index (Phi) is 11.6. The number of halogens is 1. The number of unbranched alkanes of at least 4 members (excludes halogenated alkanes) is 7. The molecule has 1 aliphatic rings. The van der Waals surface area contributed by atoms with Crippen molar-refractivity contribution < 1.29 is 4.74 Å². The maximum Gasteiger partial charge on any atom is 0.232 e. The van der Waals surface area contributed by atoms with Crippen LogP contribution < -0.4 is 4.74 Å². The first-order valence-corrected chi connectivity index (χ1v) is 14.0. The molecule has 0 aliphatic heterocycles. The van der Waals surface area contributed by atoms with Gasteiger partial charge in [0.1, 0.15) is 5.02 Å². The highest BCUT2D eigenvalue weighted by Crippen LogP contribution is 2.38. The lowest BCUT2D eigenvalue weighted by Crippen LogP contribution is -2.13. The van der Waals surface area contributed by atoms with E-state index < -0.39 is 0 Å². The molecule has 0 bridgehead atoms. The van der Waals surface area contributed by atoms with Gasteiger partial charge in [-0.3, -0.25) is 0 Å². The first-order valence-electron chi connectivity index (χ1n) is 13.6. The Morgan fingerprint density at radius 2 is 1.48 bits per heavy atom. The number of benzene rings is 1. The Bertz CT molecular complexity index is 795. The average Bonchev–Trinajstić information content (AvgIpc) is 2.85. The molecule has 0 atom stereocenters. The fraction of sp³-hybridized carbons (Fsp3) is 0.633. The van der Waals surface area contributed by atoms with Crippen LogP contribution in [0.2, 0.25) is 5.02 Å².